The Kier molecular flexibility index (Phi) is 2.61. The highest BCUT2D eigenvalue weighted by atomic mass is 16.3. The quantitative estimate of drug-likeness (QED) is 0.682. The summed E-state index contributed by atoms with van der Waals surface area (Å²) in [6, 6.07) is 0.569. The minimum atomic E-state index is -0.298. The Labute approximate surface area is 80.7 Å². The molecular weight excluding hydrogens is 162 g/mol. The minimum Gasteiger partial charge on any atom is -0.390 e. The second-order valence-electron chi connectivity index (χ2n) is 4.74. The molecule has 2 unspecified atom stereocenters. The fourth-order valence-corrected chi connectivity index (χ4v) is 3.03. The van der Waals surface area contributed by atoms with Gasteiger partial charge in [0, 0.05) is 12.0 Å². The first-order chi connectivity index (χ1) is 6.26. The van der Waals surface area contributed by atoms with Crippen molar-refractivity contribution in [2.24, 2.45) is 5.92 Å². The molecule has 2 aliphatic rings. The highest BCUT2D eigenvalue weighted by Crippen LogP contribution is 2.44. The van der Waals surface area contributed by atoms with Crippen LogP contribution in [0.4, 0.5) is 0 Å². The zero-order valence-corrected chi connectivity index (χ0v) is 8.55. The zero-order chi connectivity index (χ0) is 9.31. The van der Waals surface area contributed by atoms with Crippen LogP contribution in [0.15, 0.2) is 0 Å². The van der Waals surface area contributed by atoms with E-state index in [2.05, 4.69) is 5.32 Å². The van der Waals surface area contributed by atoms with Crippen molar-refractivity contribution in [1.29, 1.82) is 0 Å². The average molecular weight is 183 g/mol. The minimum absolute atomic E-state index is 0.298. The summed E-state index contributed by atoms with van der Waals surface area (Å²) in [5, 5.41) is 13.7. The molecule has 0 aromatic heterocycles. The van der Waals surface area contributed by atoms with Crippen LogP contribution in [0, 0.1) is 5.92 Å². The zero-order valence-electron chi connectivity index (χ0n) is 8.55. The summed E-state index contributed by atoms with van der Waals surface area (Å²) in [4.78, 5) is 0. The highest BCUT2D eigenvalue weighted by Gasteiger charge is 2.45. The summed E-state index contributed by atoms with van der Waals surface area (Å²) in [5.74, 6) is 0.528. The fourth-order valence-electron chi connectivity index (χ4n) is 3.03. The highest BCUT2D eigenvalue weighted by molar-refractivity contribution is 4.99. The predicted octanol–water partition coefficient (Wildman–Crippen LogP) is 1.68. The Balaban J connectivity index is 2.01. The summed E-state index contributed by atoms with van der Waals surface area (Å²) in [5.41, 5.74) is -0.298. The lowest BCUT2D eigenvalue weighted by atomic mass is 9.64. The number of hydrogen-bond acceptors (Lipinski definition) is 2. The van der Waals surface area contributed by atoms with Crippen LogP contribution in [-0.2, 0) is 0 Å². The molecule has 0 aromatic carbocycles. The lowest BCUT2D eigenvalue weighted by Crippen LogP contribution is -2.53. The van der Waals surface area contributed by atoms with Crippen molar-refractivity contribution in [3.05, 3.63) is 0 Å². The van der Waals surface area contributed by atoms with Crippen molar-refractivity contribution in [3.63, 3.8) is 0 Å². The molecule has 2 N–H and O–H groups in total. The van der Waals surface area contributed by atoms with Crippen molar-refractivity contribution >= 4 is 0 Å². The van der Waals surface area contributed by atoms with Gasteiger partial charge < -0.3 is 10.4 Å². The molecule has 0 aliphatic heterocycles. The van der Waals surface area contributed by atoms with Gasteiger partial charge >= 0.3 is 0 Å². The van der Waals surface area contributed by atoms with Gasteiger partial charge in [-0.2, -0.15) is 0 Å². The maximum Gasteiger partial charge on any atom is 0.0690 e. The van der Waals surface area contributed by atoms with Crippen molar-refractivity contribution in [1.82, 2.24) is 5.32 Å². The van der Waals surface area contributed by atoms with Gasteiger partial charge in [0.2, 0.25) is 0 Å². The first-order valence-electron chi connectivity index (χ1n) is 5.66. The molecule has 2 fully saturated rings. The van der Waals surface area contributed by atoms with Crippen LogP contribution in [-0.4, -0.2) is 23.8 Å². The van der Waals surface area contributed by atoms with Gasteiger partial charge in [-0.25, -0.2) is 0 Å². The second-order valence-corrected chi connectivity index (χ2v) is 4.74. The van der Waals surface area contributed by atoms with Gasteiger partial charge in [0.25, 0.3) is 0 Å². The first-order valence-corrected chi connectivity index (χ1v) is 5.66. The molecule has 2 saturated carbocycles. The van der Waals surface area contributed by atoms with E-state index in [0.29, 0.717) is 12.0 Å². The molecule has 13 heavy (non-hydrogen) atoms. The van der Waals surface area contributed by atoms with Gasteiger partial charge in [0.05, 0.1) is 5.60 Å². The summed E-state index contributed by atoms with van der Waals surface area (Å²) < 4.78 is 0. The standard InChI is InChI=1S/C11H21NO/c1-12-10-6-3-2-5-9(10)11(13)7-4-8-11/h9-10,12-13H,2-8H2,1H3. The van der Waals surface area contributed by atoms with E-state index in [1.807, 2.05) is 7.05 Å². The van der Waals surface area contributed by atoms with E-state index in [4.69, 9.17) is 0 Å². The largest absolute Gasteiger partial charge is 0.390 e. The third kappa shape index (κ3) is 1.62. The summed E-state index contributed by atoms with van der Waals surface area (Å²) in [6.45, 7) is 0. The van der Waals surface area contributed by atoms with Gasteiger partial charge in [-0.05, 0) is 39.2 Å². The molecule has 2 rings (SSSR count). The van der Waals surface area contributed by atoms with E-state index in [1.165, 1.54) is 32.1 Å². The van der Waals surface area contributed by atoms with Crippen LogP contribution in [0.5, 0.6) is 0 Å². The van der Waals surface area contributed by atoms with Crippen molar-refractivity contribution in [3.8, 4) is 0 Å². The molecule has 0 radical (unpaired) electrons. The third-order valence-corrected chi connectivity index (χ3v) is 4.05. The smallest absolute Gasteiger partial charge is 0.0690 e. The van der Waals surface area contributed by atoms with E-state index in [9.17, 15) is 5.11 Å². The van der Waals surface area contributed by atoms with Gasteiger partial charge in [0.1, 0.15) is 0 Å². The number of hydrogen-bond donors (Lipinski definition) is 2. The molecule has 0 amide bonds. The van der Waals surface area contributed by atoms with E-state index in [0.717, 1.165) is 12.8 Å². The molecule has 2 atom stereocenters. The summed E-state index contributed by atoms with van der Waals surface area (Å²) in [6.07, 6.45) is 8.42. The van der Waals surface area contributed by atoms with Crippen LogP contribution in [0.2, 0.25) is 0 Å². The predicted molar refractivity (Wildman–Crippen MR) is 53.6 cm³/mol. The molecule has 0 bridgehead atoms. The average Bonchev–Trinajstić information content (AvgIpc) is 2.14. The molecular formula is C11H21NO. The van der Waals surface area contributed by atoms with E-state index < -0.39 is 0 Å². The van der Waals surface area contributed by atoms with Crippen molar-refractivity contribution in [2.45, 2.75) is 56.6 Å². The van der Waals surface area contributed by atoms with Gasteiger partial charge in [-0.1, -0.05) is 12.8 Å². The van der Waals surface area contributed by atoms with Gasteiger partial charge in [-0.3, -0.25) is 0 Å². The number of rotatable bonds is 2. The maximum absolute atomic E-state index is 10.3. The molecule has 2 nitrogen and oxygen atoms in total. The topological polar surface area (TPSA) is 32.3 Å². The Morgan fingerprint density at radius 1 is 1.15 bits per heavy atom. The lowest BCUT2D eigenvalue weighted by molar-refractivity contribution is -0.103. The molecule has 76 valence electrons. The third-order valence-electron chi connectivity index (χ3n) is 4.05. The molecule has 0 aromatic rings. The molecule has 0 heterocycles. The summed E-state index contributed by atoms with van der Waals surface area (Å²) >= 11 is 0. The lowest BCUT2D eigenvalue weighted by Gasteiger charge is -2.48. The van der Waals surface area contributed by atoms with Gasteiger partial charge in [0.15, 0.2) is 0 Å². The Morgan fingerprint density at radius 2 is 1.85 bits per heavy atom. The molecule has 2 heteroatoms. The SMILES string of the molecule is CNC1CCCCC1C1(O)CCC1. The Morgan fingerprint density at radius 3 is 2.38 bits per heavy atom. The van der Waals surface area contributed by atoms with Gasteiger partial charge in [-0.15, -0.1) is 0 Å². The normalized spacial score (nSPS) is 38.3. The van der Waals surface area contributed by atoms with Crippen LogP contribution >= 0.6 is 0 Å². The number of aliphatic hydroxyl groups is 1. The van der Waals surface area contributed by atoms with Crippen LogP contribution in [0.3, 0.4) is 0 Å². The molecule has 2 aliphatic carbocycles. The Hall–Kier alpha value is -0.0800. The van der Waals surface area contributed by atoms with Crippen LogP contribution in [0.25, 0.3) is 0 Å². The molecule has 0 spiro atoms. The monoisotopic (exact) mass is 183 g/mol. The number of nitrogens with one attached hydrogen (secondary N) is 1. The maximum atomic E-state index is 10.3. The second kappa shape index (κ2) is 3.58. The van der Waals surface area contributed by atoms with E-state index in [1.54, 1.807) is 0 Å². The molecule has 0 saturated heterocycles. The fraction of sp³-hybridized carbons (Fsp3) is 1.00. The first kappa shape index (κ1) is 9.47. The summed E-state index contributed by atoms with van der Waals surface area (Å²) in [7, 11) is 2.03. The van der Waals surface area contributed by atoms with E-state index in [-0.39, 0.29) is 5.60 Å². The van der Waals surface area contributed by atoms with E-state index >= 15 is 0 Å². The van der Waals surface area contributed by atoms with Crippen LogP contribution < -0.4 is 5.32 Å². The van der Waals surface area contributed by atoms with Crippen molar-refractivity contribution in [2.75, 3.05) is 7.05 Å². The Bertz CT molecular complexity index is 177. The van der Waals surface area contributed by atoms with Crippen LogP contribution in [0.1, 0.15) is 44.9 Å². The van der Waals surface area contributed by atoms with Crippen molar-refractivity contribution < 1.29 is 5.11 Å².